The van der Waals surface area contributed by atoms with Crippen molar-refractivity contribution in [1.29, 1.82) is 0 Å². The maximum absolute atomic E-state index is 12.4. The minimum atomic E-state index is -0.772. The smallest absolute Gasteiger partial charge is 0.303 e. The molecule has 1 unspecified atom stereocenters. The standard InChI is InChI=1S/C15H21NO4/c1-10-8-11(2)20-14(10)15(19)16-7-3-4-12(9-16)5-6-13(17)18/h8,12H,3-7,9H2,1-2H3,(H,17,18). The van der Waals surface area contributed by atoms with Crippen molar-refractivity contribution in [2.24, 2.45) is 5.92 Å². The van der Waals surface area contributed by atoms with Crippen LogP contribution in [0.3, 0.4) is 0 Å². The summed E-state index contributed by atoms with van der Waals surface area (Å²) in [7, 11) is 0. The number of carbonyl (C=O) groups excluding carboxylic acids is 1. The number of aliphatic carboxylic acids is 1. The number of nitrogens with zero attached hydrogens (tertiary/aromatic N) is 1. The number of rotatable bonds is 4. The second-order valence-electron chi connectivity index (χ2n) is 5.56. The first-order chi connectivity index (χ1) is 9.47. The van der Waals surface area contributed by atoms with Crippen molar-refractivity contribution in [3.8, 4) is 0 Å². The van der Waals surface area contributed by atoms with Gasteiger partial charge in [0.05, 0.1) is 0 Å². The molecule has 1 aliphatic heterocycles. The minimum absolute atomic E-state index is 0.0735. The summed E-state index contributed by atoms with van der Waals surface area (Å²) in [6, 6.07) is 1.86. The number of aryl methyl sites for hydroxylation is 2. The zero-order valence-corrected chi connectivity index (χ0v) is 12.0. The lowest BCUT2D eigenvalue weighted by Crippen LogP contribution is -2.40. The first kappa shape index (κ1) is 14.6. The van der Waals surface area contributed by atoms with E-state index in [-0.39, 0.29) is 18.2 Å². The quantitative estimate of drug-likeness (QED) is 0.919. The van der Waals surface area contributed by atoms with Gasteiger partial charge in [-0.15, -0.1) is 0 Å². The van der Waals surface area contributed by atoms with E-state index in [0.717, 1.165) is 30.7 Å². The first-order valence-electron chi connectivity index (χ1n) is 7.05. The second kappa shape index (κ2) is 6.11. The Bertz CT molecular complexity index is 506. The third-order valence-corrected chi connectivity index (χ3v) is 3.81. The number of carboxylic acid groups (broad SMARTS) is 1. The van der Waals surface area contributed by atoms with Crippen LogP contribution in [0.2, 0.25) is 0 Å². The predicted molar refractivity (Wildman–Crippen MR) is 73.7 cm³/mol. The fraction of sp³-hybridized carbons (Fsp3) is 0.600. The lowest BCUT2D eigenvalue weighted by atomic mass is 9.93. The molecule has 1 N–H and O–H groups in total. The number of piperidine rings is 1. The Morgan fingerprint density at radius 3 is 2.80 bits per heavy atom. The number of likely N-dealkylation sites (tertiary alicyclic amines) is 1. The monoisotopic (exact) mass is 279 g/mol. The van der Waals surface area contributed by atoms with Crippen molar-refractivity contribution in [2.75, 3.05) is 13.1 Å². The molecule has 0 radical (unpaired) electrons. The van der Waals surface area contributed by atoms with E-state index >= 15 is 0 Å². The number of hydrogen-bond donors (Lipinski definition) is 1. The molecular weight excluding hydrogens is 258 g/mol. The van der Waals surface area contributed by atoms with Gasteiger partial charge >= 0.3 is 5.97 Å². The van der Waals surface area contributed by atoms with Gasteiger partial charge < -0.3 is 14.4 Å². The van der Waals surface area contributed by atoms with Crippen LogP contribution in [0.25, 0.3) is 0 Å². The first-order valence-corrected chi connectivity index (χ1v) is 7.05. The van der Waals surface area contributed by atoms with Crippen LogP contribution >= 0.6 is 0 Å². The molecule has 2 heterocycles. The Balaban J connectivity index is 1.99. The van der Waals surface area contributed by atoms with Crippen LogP contribution in [0.5, 0.6) is 0 Å². The molecule has 1 aromatic heterocycles. The van der Waals surface area contributed by atoms with E-state index in [4.69, 9.17) is 9.52 Å². The Kier molecular flexibility index (Phi) is 4.47. The van der Waals surface area contributed by atoms with Crippen molar-refractivity contribution in [2.45, 2.75) is 39.5 Å². The largest absolute Gasteiger partial charge is 0.481 e. The van der Waals surface area contributed by atoms with E-state index in [1.54, 1.807) is 4.90 Å². The van der Waals surface area contributed by atoms with Gasteiger partial charge in [-0.1, -0.05) is 0 Å². The second-order valence-corrected chi connectivity index (χ2v) is 5.56. The summed E-state index contributed by atoms with van der Waals surface area (Å²) in [5.41, 5.74) is 0.861. The van der Waals surface area contributed by atoms with Crippen LogP contribution in [-0.2, 0) is 4.79 Å². The third kappa shape index (κ3) is 3.40. The van der Waals surface area contributed by atoms with E-state index in [1.165, 1.54) is 0 Å². The molecule has 0 saturated carbocycles. The molecule has 1 aromatic rings. The fourth-order valence-corrected chi connectivity index (χ4v) is 2.81. The summed E-state index contributed by atoms with van der Waals surface area (Å²) < 4.78 is 5.48. The van der Waals surface area contributed by atoms with Gasteiger partial charge in [0.25, 0.3) is 5.91 Å². The highest BCUT2D eigenvalue weighted by atomic mass is 16.4. The molecule has 5 heteroatoms. The van der Waals surface area contributed by atoms with Gasteiger partial charge in [0.1, 0.15) is 5.76 Å². The van der Waals surface area contributed by atoms with Gasteiger partial charge in [0, 0.05) is 25.1 Å². The van der Waals surface area contributed by atoms with Gasteiger partial charge in [-0.3, -0.25) is 9.59 Å². The maximum Gasteiger partial charge on any atom is 0.303 e. The van der Waals surface area contributed by atoms with Crippen molar-refractivity contribution in [3.63, 3.8) is 0 Å². The van der Waals surface area contributed by atoms with E-state index in [0.29, 0.717) is 18.7 Å². The Hall–Kier alpha value is -1.78. The van der Waals surface area contributed by atoms with Crippen molar-refractivity contribution in [3.05, 3.63) is 23.2 Å². The molecule has 20 heavy (non-hydrogen) atoms. The number of carbonyl (C=O) groups is 2. The minimum Gasteiger partial charge on any atom is -0.481 e. The van der Waals surface area contributed by atoms with Gasteiger partial charge in [-0.2, -0.15) is 0 Å². The van der Waals surface area contributed by atoms with Crippen LogP contribution in [0.15, 0.2) is 10.5 Å². The number of hydrogen-bond acceptors (Lipinski definition) is 3. The maximum atomic E-state index is 12.4. The number of furan rings is 1. The zero-order valence-electron chi connectivity index (χ0n) is 12.0. The normalized spacial score (nSPS) is 19.1. The molecule has 1 amide bonds. The molecule has 0 aromatic carbocycles. The molecule has 0 bridgehead atoms. The highest BCUT2D eigenvalue weighted by Gasteiger charge is 2.27. The highest BCUT2D eigenvalue weighted by molar-refractivity contribution is 5.93. The zero-order chi connectivity index (χ0) is 14.7. The topological polar surface area (TPSA) is 70.8 Å². The fourth-order valence-electron chi connectivity index (χ4n) is 2.81. The van der Waals surface area contributed by atoms with E-state index < -0.39 is 5.97 Å². The predicted octanol–water partition coefficient (Wildman–Crippen LogP) is 2.61. The van der Waals surface area contributed by atoms with Gasteiger partial charge in [0.15, 0.2) is 5.76 Å². The molecule has 2 rings (SSSR count). The Morgan fingerprint density at radius 1 is 1.45 bits per heavy atom. The van der Waals surface area contributed by atoms with E-state index in [1.807, 2.05) is 19.9 Å². The van der Waals surface area contributed by atoms with Crippen molar-refractivity contribution < 1.29 is 19.1 Å². The Morgan fingerprint density at radius 2 is 2.20 bits per heavy atom. The van der Waals surface area contributed by atoms with Crippen LogP contribution in [0.4, 0.5) is 0 Å². The highest BCUT2D eigenvalue weighted by Crippen LogP contribution is 2.24. The molecule has 110 valence electrons. The molecule has 1 atom stereocenters. The summed E-state index contributed by atoms with van der Waals surface area (Å²) in [6.45, 7) is 5.05. The number of carboxylic acids is 1. The summed E-state index contributed by atoms with van der Waals surface area (Å²) in [4.78, 5) is 24.9. The molecule has 1 aliphatic rings. The van der Waals surface area contributed by atoms with Crippen LogP contribution < -0.4 is 0 Å². The van der Waals surface area contributed by atoms with Crippen molar-refractivity contribution in [1.82, 2.24) is 4.90 Å². The summed E-state index contributed by atoms with van der Waals surface area (Å²) in [5.74, 6) is 0.591. The summed E-state index contributed by atoms with van der Waals surface area (Å²) in [5, 5.41) is 8.74. The summed E-state index contributed by atoms with van der Waals surface area (Å²) in [6.07, 6.45) is 2.73. The molecule has 5 nitrogen and oxygen atoms in total. The van der Waals surface area contributed by atoms with Gasteiger partial charge in [-0.25, -0.2) is 0 Å². The average Bonchev–Trinajstić information content (AvgIpc) is 2.75. The van der Waals surface area contributed by atoms with Crippen LogP contribution in [0.1, 0.15) is 47.6 Å². The molecular formula is C15H21NO4. The molecule has 1 saturated heterocycles. The van der Waals surface area contributed by atoms with Gasteiger partial charge in [-0.05, 0) is 45.1 Å². The molecule has 1 fully saturated rings. The lowest BCUT2D eigenvalue weighted by Gasteiger charge is -2.32. The van der Waals surface area contributed by atoms with Gasteiger partial charge in [0.2, 0.25) is 0 Å². The van der Waals surface area contributed by atoms with Crippen LogP contribution in [-0.4, -0.2) is 35.0 Å². The van der Waals surface area contributed by atoms with E-state index in [2.05, 4.69) is 0 Å². The van der Waals surface area contributed by atoms with Crippen LogP contribution in [0, 0.1) is 19.8 Å². The average molecular weight is 279 g/mol. The van der Waals surface area contributed by atoms with Crippen molar-refractivity contribution >= 4 is 11.9 Å². The SMILES string of the molecule is Cc1cc(C)c(C(=O)N2CCCC(CCC(=O)O)C2)o1. The lowest BCUT2D eigenvalue weighted by molar-refractivity contribution is -0.137. The Labute approximate surface area is 118 Å². The molecule has 0 spiro atoms. The number of amides is 1. The summed E-state index contributed by atoms with van der Waals surface area (Å²) >= 11 is 0. The third-order valence-electron chi connectivity index (χ3n) is 3.81. The van der Waals surface area contributed by atoms with E-state index in [9.17, 15) is 9.59 Å². The molecule has 0 aliphatic carbocycles.